The first-order chi connectivity index (χ1) is 9.29. The van der Waals surface area contributed by atoms with Gasteiger partial charge in [-0.15, -0.1) is 0 Å². The van der Waals surface area contributed by atoms with Crippen LogP contribution in [0, 0.1) is 5.82 Å². The standard InChI is InChI=1S/C16H10FNO/c17-16-8-12(4-5-13(16)10-19)14-3-1-2-11-6-7-18-9-15(11)14/h1-10H. The summed E-state index contributed by atoms with van der Waals surface area (Å²) in [4.78, 5) is 14.7. The first-order valence-electron chi connectivity index (χ1n) is 5.87. The summed E-state index contributed by atoms with van der Waals surface area (Å²) < 4.78 is 13.7. The summed E-state index contributed by atoms with van der Waals surface area (Å²) in [6.07, 6.45) is 4.00. The number of nitrogens with zero attached hydrogens (tertiary/aromatic N) is 1. The van der Waals surface area contributed by atoms with Crippen molar-refractivity contribution in [1.29, 1.82) is 0 Å². The van der Waals surface area contributed by atoms with Crippen molar-refractivity contribution in [2.45, 2.75) is 0 Å². The van der Waals surface area contributed by atoms with Crippen LogP contribution in [0.4, 0.5) is 4.39 Å². The van der Waals surface area contributed by atoms with E-state index in [0.29, 0.717) is 6.29 Å². The molecule has 0 N–H and O–H groups in total. The normalized spacial score (nSPS) is 10.6. The molecule has 3 heteroatoms. The minimum Gasteiger partial charge on any atom is -0.298 e. The minimum absolute atomic E-state index is 0.0714. The van der Waals surface area contributed by atoms with Gasteiger partial charge in [-0.3, -0.25) is 9.78 Å². The smallest absolute Gasteiger partial charge is 0.152 e. The van der Waals surface area contributed by atoms with Gasteiger partial charge >= 0.3 is 0 Å². The summed E-state index contributed by atoms with van der Waals surface area (Å²) in [5.41, 5.74) is 1.71. The van der Waals surface area contributed by atoms with Crippen molar-refractivity contribution in [2.24, 2.45) is 0 Å². The Hall–Kier alpha value is -2.55. The summed E-state index contributed by atoms with van der Waals surface area (Å²) in [5.74, 6) is -0.506. The maximum atomic E-state index is 13.7. The molecule has 2 aromatic carbocycles. The fourth-order valence-electron chi connectivity index (χ4n) is 2.16. The minimum atomic E-state index is -0.506. The molecular weight excluding hydrogens is 241 g/mol. The molecule has 92 valence electrons. The van der Waals surface area contributed by atoms with Crippen molar-refractivity contribution in [1.82, 2.24) is 4.98 Å². The van der Waals surface area contributed by atoms with Gasteiger partial charge in [0.1, 0.15) is 5.82 Å². The number of aromatic nitrogens is 1. The van der Waals surface area contributed by atoms with Crippen LogP contribution in [0.5, 0.6) is 0 Å². The Morgan fingerprint density at radius 1 is 1.11 bits per heavy atom. The second kappa shape index (κ2) is 4.61. The molecule has 0 atom stereocenters. The van der Waals surface area contributed by atoms with Crippen LogP contribution in [0.3, 0.4) is 0 Å². The number of pyridine rings is 1. The van der Waals surface area contributed by atoms with Crippen molar-refractivity contribution in [3.63, 3.8) is 0 Å². The third-order valence-corrected chi connectivity index (χ3v) is 3.12. The molecule has 0 radical (unpaired) electrons. The molecule has 0 aliphatic heterocycles. The van der Waals surface area contributed by atoms with Crippen LogP contribution in [-0.2, 0) is 0 Å². The third kappa shape index (κ3) is 1.99. The highest BCUT2D eigenvalue weighted by molar-refractivity contribution is 5.96. The maximum Gasteiger partial charge on any atom is 0.152 e. The number of rotatable bonds is 2. The Morgan fingerprint density at radius 3 is 2.79 bits per heavy atom. The van der Waals surface area contributed by atoms with Crippen LogP contribution in [0.15, 0.2) is 54.9 Å². The van der Waals surface area contributed by atoms with Gasteiger partial charge in [-0.05, 0) is 34.7 Å². The SMILES string of the molecule is O=Cc1ccc(-c2cccc3ccncc23)cc1F. The van der Waals surface area contributed by atoms with Gasteiger partial charge in [0, 0.05) is 17.8 Å². The van der Waals surface area contributed by atoms with Gasteiger partial charge in [-0.25, -0.2) is 4.39 Å². The molecule has 0 amide bonds. The summed E-state index contributed by atoms with van der Waals surface area (Å²) >= 11 is 0. The van der Waals surface area contributed by atoms with Crippen molar-refractivity contribution in [2.75, 3.05) is 0 Å². The molecule has 0 saturated carbocycles. The third-order valence-electron chi connectivity index (χ3n) is 3.12. The van der Waals surface area contributed by atoms with Gasteiger partial charge in [0.2, 0.25) is 0 Å². The Balaban J connectivity index is 2.24. The number of carbonyl (C=O) groups is 1. The zero-order valence-corrected chi connectivity index (χ0v) is 10.0. The van der Waals surface area contributed by atoms with E-state index in [1.807, 2.05) is 24.3 Å². The highest BCUT2D eigenvalue weighted by atomic mass is 19.1. The molecule has 0 bridgehead atoms. The van der Waals surface area contributed by atoms with E-state index >= 15 is 0 Å². The fraction of sp³-hybridized carbons (Fsp3) is 0. The van der Waals surface area contributed by atoms with Crippen LogP contribution in [-0.4, -0.2) is 11.3 Å². The number of fused-ring (bicyclic) bond motifs is 1. The second-order valence-electron chi connectivity index (χ2n) is 4.26. The number of hydrogen-bond donors (Lipinski definition) is 0. The zero-order valence-electron chi connectivity index (χ0n) is 10.0. The average Bonchev–Trinajstić information content (AvgIpc) is 2.46. The molecular formula is C16H10FNO. The summed E-state index contributed by atoms with van der Waals surface area (Å²) in [7, 11) is 0. The van der Waals surface area contributed by atoms with E-state index in [-0.39, 0.29) is 5.56 Å². The largest absolute Gasteiger partial charge is 0.298 e. The van der Waals surface area contributed by atoms with Crippen LogP contribution < -0.4 is 0 Å². The molecule has 1 heterocycles. The number of aldehydes is 1. The lowest BCUT2D eigenvalue weighted by Gasteiger charge is -2.07. The molecule has 2 nitrogen and oxygen atoms in total. The molecule has 0 aliphatic carbocycles. The molecule has 0 aliphatic rings. The predicted octanol–water partition coefficient (Wildman–Crippen LogP) is 3.85. The summed E-state index contributed by atoms with van der Waals surface area (Å²) in [5, 5.41) is 2.01. The first-order valence-corrected chi connectivity index (χ1v) is 5.87. The Morgan fingerprint density at radius 2 is 2.00 bits per heavy atom. The van der Waals surface area contributed by atoms with Gasteiger partial charge in [0.15, 0.2) is 6.29 Å². The molecule has 0 unspecified atom stereocenters. The van der Waals surface area contributed by atoms with E-state index < -0.39 is 5.82 Å². The van der Waals surface area contributed by atoms with Gasteiger partial charge in [-0.2, -0.15) is 0 Å². The topological polar surface area (TPSA) is 30.0 Å². The summed E-state index contributed by atoms with van der Waals surface area (Å²) in [6, 6.07) is 12.3. The van der Waals surface area contributed by atoms with E-state index in [4.69, 9.17) is 0 Å². The Labute approximate surface area is 109 Å². The van der Waals surface area contributed by atoms with Crippen molar-refractivity contribution >= 4 is 17.1 Å². The molecule has 1 aromatic heterocycles. The Bertz CT molecular complexity index is 762. The molecule has 3 rings (SSSR count). The van der Waals surface area contributed by atoms with E-state index in [9.17, 15) is 9.18 Å². The quantitative estimate of drug-likeness (QED) is 0.647. The highest BCUT2D eigenvalue weighted by Gasteiger charge is 2.07. The van der Waals surface area contributed by atoms with Crippen molar-refractivity contribution < 1.29 is 9.18 Å². The molecule has 19 heavy (non-hydrogen) atoms. The predicted molar refractivity (Wildman–Crippen MR) is 72.5 cm³/mol. The lowest BCUT2D eigenvalue weighted by atomic mass is 9.99. The lowest BCUT2D eigenvalue weighted by Crippen LogP contribution is -1.89. The first kappa shape index (κ1) is 11.5. The van der Waals surface area contributed by atoms with E-state index in [1.165, 1.54) is 12.1 Å². The van der Waals surface area contributed by atoms with Crippen LogP contribution in [0.1, 0.15) is 10.4 Å². The van der Waals surface area contributed by atoms with Crippen LogP contribution >= 0.6 is 0 Å². The highest BCUT2D eigenvalue weighted by Crippen LogP contribution is 2.28. The molecule has 0 saturated heterocycles. The van der Waals surface area contributed by atoms with Crippen LogP contribution in [0.2, 0.25) is 0 Å². The van der Waals surface area contributed by atoms with Crippen LogP contribution in [0.25, 0.3) is 21.9 Å². The van der Waals surface area contributed by atoms with Gasteiger partial charge in [-0.1, -0.05) is 24.3 Å². The van der Waals surface area contributed by atoms with E-state index in [2.05, 4.69) is 4.98 Å². The van der Waals surface area contributed by atoms with E-state index in [1.54, 1.807) is 18.5 Å². The molecule has 0 spiro atoms. The fourth-order valence-corrected chi connectivity index (χ4v) is 2.16. The molecule has 3 aromatic rings. The van der Waals surface area contributed by atoms with Gasteiger partial charge in [0.05, 0.1) is 5.56 Å². The van der Waals surface area contributed by atoms with Gasteiger partial charge in [0.25, 0.3) is 0 Å². The van der Waals surface area contributed by atoms with Crippen molar-refractivity contribution in [3.8, 4) is 11.1 Å². The number of halogens is 1. The van der Waals surface area contributed by atoms with Crippen molar-refractivity contribution in [3.05, 3.63) is 66.2 Å². The number of carbonyl (C=O) groups excluding carboxylic acids is 1. The lowest BCUT2D eigenvalue weighted by molar-refractivity contribution is 0.112. The second-order valence-corrected chi connectivity index (χ2v) is 4.26. The molecule has 0 fully saturated rings. The Kier molecular flexibility index (Phi) is 2.80. The monoisotopic (exact) mass is 251 g/mol. The average molecular weight is 251 g/mol. The number of hydrogen-bond acceptors (Lipinski definition) is 2. The zero-order chi connectivity index (χ0) is 13.2. The summed E-state index contributed by atoms with van der Waals surface area (Å²) in [6.45, 7) is 0. The maximum absolute atomic E-state index is 13.7. The van der Waals surface area contributed by atoms with Gasteiger partial charge < -0.3 is 0 Å². The van der Waals surface area contributed by atoms with E-state index in [0.717, 1.165) is 21.9 Å². The number of benzene rings is 2.